The number of nitrogens with one attached hydrogen (secondary N) is 1. The molecule has 2 unspecified atom stereocenters. The lowest BCUT2D eigenvalue weighted by Crippen LogP contribution is -2.34. The zero-order chi connectivity index (χ0) is 14.8. The molecule has 1 aliphatic rings. The van der Waals surface area contributed by atoms with Crippen molar-refractivity contribution < 1.29 is 4.39 Å². The van der Waals surface area contributed by atoms with Crippen molar-refractivity contribution in [1.82, 2.24) is 5.32 Å². The lowest BCUT2D eigenvalue weighted by Gasteiger charge is -2.33. The summed E-state index contributed by atoms with van der Waals surface area (Å²) in [6, 6.07) is 13.6. The summed E-state index contributed by atoms with van der Waals surface area (Å²) in [5, 5.41) is 3.47. The Bertz CT molecular complexity index is 624. The summed E-state index contributed by atoms with van der Waals surface area (Å²) in [5.74, 6) is 0.708. The minimum Gasteiger partial charge on any atom is -0.316 e. The molecule has 1 saturated heterocycles. The van der Waals surface area contributed by atoms with Crippen molar-refractivity contribution in [3.63, 3.8) is 0 Å². The van der Waals surface area contributed by atoms with Gasteiger partial charge < -0.3 is 5.32 Å². The van der Waals surface area contributed by atoms with Crippen LogP contribution in [0.3, 0.4) is 0 Å². The van der Waals surface area contributed by atoms with Crippen molar-refractivity contribution in [1.29, 1.82) is 0 Å². The van der Waals surface area contributed by atoms with Gasteiger partial charge in [0.2, 0.25) is 0 Å². The van der Waals surface area contributed by atoms with Crippen LogP contribution in [0.5, 0.6) is 0 Å². The van der Waals surface area contributed by atoms with E-state index < -0.39 is 0 Å². The van der Waals surface area contributed by atoms with Gasteiger partial charge in [-0.2, -0.15) is 0 Å². The van der Waals surface area contributed by atoms with Crippen LogP contribution in [0.1, 0.15) is 34.9 Å². The normalized spacial score (nSPS) is 22.2. The molecule has 0 aromatic heterocycles. The first-order valence-corrected chi connectivity index (χ1v) is 8.16. The molecule has 0 spiro atoms. The number of halogens is 2. The summed E-state index contributed by atoms with van der Waals surface area (Å²) in [6.45, 7) is 4.09. The van der Waals surface area contributed by atoms with Crippen LogP contribution in [0.2, 0.25) is 0 Å². The molecular weight excluding hydrogens is 329 g/mol. The zero-order valence-corrected chi connectivity index (χ0v) is 13.7. The molecule has 1 N–H and O–H groups in total. The van der Waals surface area contributed by atoms with E-state index in [4.69, 9.17) is 0 Å². The summed E-state index contributed by atoms with van der Waals surface area (Å²) >= 11 is 3.63. The summed E-state index contributed by atoms with van der Waals surface area (Å²) < 4.78 is 14.3. The molecule has 0 radical (unpaired) electrons. The molecular formula is C18H19BrFN. The van der Waals surface area contributed by atoms with Crippen molar-refractivity contribution in [3.8, 4) is 0 Å². The average molecular weight is 348 g/mol. The van der Waals surface area contributed by atoms with Gasteiger partial charge in [-0.15, -0.1) is 0 Å². The fraction of sp³-hybridized carbons (Fsp3) is 0.333. The van der Waals surface area contributed by atoms with Gasteiger partial charge >= 0.3 is 0 Å². The van der Waals surface area contributed by atoms with Crippen molar-refractivity contribution in [2.24, 2.45) is 0 Å². The predicted molar refractivity (Wildman–Crippen MR) is 88.2 cm³/mol. The highest BCUT2D eigenvalue weighted by molar-refractivity contribution is 9.10. The van der Waals surface area contributed by atoms with E-state index in [-0.39, 0.29) is 5.82 Å². The molecule has 0 amide bonds. The summed E-state index contributed by atoms with van der Waals surface area (Å²) in [7, 11) is 0. The Hall–Kier alpha value is -1.19. The maximum absolute atomic E-state index is 13.1. The number of hydrogen-bond donors (Lipinski definition) is 1. The van der Waals surface area contributed by atoms with Crippen LogP contribution in [-0.4, -0.2) is 13.1 Å². The Balaban J connectivity index is 1.94. The molecule has 1 heterocycles. The molecule has 0 saturated carbocycles. The third-order valence-corrected chi connectivity index (χ3v) is 5.26. The molecule has 2 atom stereocenters. The molecule has 2 aromatic rings. The van der Waals surface area contributed by atoms with Gasteiger partial charge in [0.15, 0.2) is 0 Å². The Morgan fingerprint density at radius 1 is 1.05 bits per heavy atom. The lowest BCUT2D eigenvalue weighted by molar-refractivity contribution is 0.403. The Kier molecular flexibility index (Phi) is 4.41. The van der Waals surface area contributed by atoms with Crippen LogP contribution in [-0.2, 0) is 0 Å². The van der Waals surface area contributed by atoms with Gasteiger partial charge in [-0.25, -0.2) is 4.39 Å². The topological polar surface area (TPSA) is 12.0 Å². The van der Waals surface area contributed by atoms with Crippen molar-refractivity contribution >= 4 is 15.9 Å². The van der Waals surface area contributed by atoms with E-state index in [1.807, 2.05) is 12.1 Å². The van der Waals surface area contributed by atoms with Crippen molar-refractivity contribution in [2.45, 2.75) is 25.2 Å². The van der Waals surface area contributed by atoms with E-state index in [1.165, 1.54) is 16.7 Å². The standard InChI is InChI=1S/C18H19BrFN/c1-12-2-3-14(10-18(12)19)16-8-9-21-11-17(16)13-4-6-15(20)7-5-13/h2-7,10,16-17,21H,8-9,11H2,1H3. The van der Waals surface area contributed by atoms with Gasteiger partial charge in [-0.05, 0) is 60.7 Å². The van der Waals surface area contributed by atoms with E-state index >= 15 is 0 Å². The first-order chi connectivity index (χ1) is 10.1. The molecule has 2 aromatic carbocycles. The zero-order valence-electron chi connectivity index (χ0n) is 12.1. The minimum atomic E-state index is -0.169. The molecule has 1 aliphatic heterocycles. The number of rotatable bonds is 2. The monoisotopic (exact) mass is 347 g/mol. The van der Waals surface area contributed by atoms with Crippen molar-refractivity contribution in [3.05, 3.63) is 69.4 Å². The van der Waals surface area contributed by atoms with Gasteiger partial charge in [0.25, 0.3) is 0 Å². The number of piperidine rings is 1. The van der Waals surface area contributed by atoms with E-state index in [1.54, 1.807) is 12.1 Å². The van der Waals surface area contributed by atoms with E-state index in [9.17, 15) is 4.39 Å². The van der Waals surface area contributed by atoms with Crippen molar-refractivity contribution in [2.75, 3.05) is 13.1 Å². The van der Waals surface area contributed by atoms with Gasteiger partial charge in [-0.1, -0.05) is 40.2 Å². The first-order valence-electron chi connectivity index (χ1n) is 7.37. The Morgan fingerprint density at radius 3 is 2.48 bits per heavy atom. The summed E-state index contributed by atoms with van der Waals surface area (Å²) in [4.78, 5) is 0. The Labute approximate surface area is 133 Å². The molecule has 1 nitrogen and oxygen atoms in total. The summed E-state index contributed by atoms with van der Waals surface area (Å²) in [5.41, 5.74) is 3.83. The highest BCUT2D eigenvalue weighted by Gasteiger charge is 2.27. The fourth-order valence-electron chi connectivity index (χ4n) is 3.16. The van der Waals surface area contributed by atoms with Crippen LogP contribution in [0.4, 0.5) is 4.39 Å². The van der Waals surface area contributed by atoms with Gasteiger partial charge in [0, 0.05) is 16.9 Å². The summed E-state index contributed by atoms with van der Waals surface area (Å²) in [6.07, 6.45) is 1.11. The largest absolute Gasteiger partial charge is 0.316 e. The first kappa shape index (κ1) is 14.7. The number of aryl methyl sites for hydroxylation is 1. The third-order valence-electron chi connectivity index (χ3n) is 4.40. The predicted octanol–water partition coefficient (Wildman–Crippen LogP) is 4.76. The molecule has 21 heavy (non-hydrogen) atoms. The molecule has 0 aliphatic carbocycles. The van der Waals surface area contributed by atoms with Gasteiger partial charge in [0.1, 0.15) is 5.82 Å². The highest BCUT2D eigenvalue weighted by atomic mass is 79.9. The van der Waals surface area contributed by atoms with E-state index in [0.717, 1.165) is 24.0 Å². The van der Waals surface area contributed by atoms with Gasteiger partial charge in [-0.3, -0.25) is 0 Å². The fourth-order valence-corrected chi connectivity index (χ4v) is 3.55. The van der Waals surface area contributed by atoms with Crippen LogP contribution in [0.25, 0.3) is 0 Å². The molecule has 3 heteroatoms. The molecule has 110 valence electrons. The maximum Gasteiger partial charge on any atom is 0.123 e. The van der Waals surface area contributed by atoms with Gasteiger partial charge in [0.05, 0.1) is 0 Å². The number of benzene rings is 2. The van der Waals surface area contributed by atoms with E-state index in [2.05, 4.69) is 46.4 Å². The smallest absolute Gasteiger partial charge is 0.123 e. The second-order valence-electron chi connectivity index (χ2n) is 5.77. The quantitative estimate of drug-likeness (QED) is 0.825. The minimum absolute atomic E-state index is 0.169. The number of hydrogen-bond acceptors (Lipinski definition) is 1. The highest BCUT2D eigenvalue weighted by Crippen LogP contribution is 2.38. The van der Waals surface area contributed by atoms with Crippen LogP contribution >= 0.6 is 15.9 Å². The average Bonchev–Trinajstić information content (AvgIpc) is 2.51. The lowest BCUT2D eigenvalue weighted by atomic mass is 9.77. The second kappa shape index (κ2) is 6.29. The molecule has 3 rings (SSSR count). The van der Waals surface area contributed by atoms with Crippen LogP contribution in [0.15, 0.2) is 46.9 Å². The third kappa shape index (κ3) is 3.19. The second-order valence-corrected chi connectivity index (χ2v) is 6.62. The molecule has 1 fully saturated rings. The van der Waals surface area contributed by atoms with Crippen LogP contribution in [0, 0.1) is 12.7 Å². The SMILES string of the molecule is Cc1ccc(C2CCNCC2c2ccc(F)cc2)cc1Br. The van der Waals surface area contributed by atoms with E-state index in [0.29, 0.717) is 11.8 Å². The maximum atomic E-state index is 13.1. The molecule has 0 bridgehead atoms. The Morgan fingerprint density at radius 2 is 1.76 bits per heavy atom. The van der Waals surface area contributed by atoms with Crippen LogP contribution < -0.4 is 5.32 Å².